The molecule has 2 heterocycles. The van der Waals surface area contributed by atoms with E-state index in [1.54, 1.807) is 17.1 Å². The first-order chi connectivity index (χ1) is 11.3. The Morgan fingerprint density at radius 3 is 2.50 bits per heavy atom. The Bertz CT molecular complexity index is 936. The molecule has 0 fully saturated rings. The number of aromatic amines is 1. The molecule has 3 rings (SSSR count). The monoisotopic (exact) mass is 345 g/mol. The van der Waals surface area contributed by atoms with Crippen LogP contribution in [-0.4, -0.2) is 33.4 Å². The number of H-pyrrole nitrogens is 1. The topological polar surface area (TPSA) is 93.5 Å². The summed E-state index contributed by atoms with van der Waals surface area (Å²) in [5, 5.41) is 10.6. The molecule has 0 saturated carbocycles. The third-order valence-electron chi connectivity index (χ3n) is 3.47. The van der Waals surface area contributed by atoms with Crippen LogP contribution in [0.3, 0.4) is 0 Å². The highest BCUT2D eigenvalue weighted by atomic mass is 32.2. The maximum absolute atomic E-state index is 12.5. The highest BCUT2D eigenvalue weighted by molar-refractivity contribution is 7.90. The van der Waals surface area contributed by atoms with Crippen molar-refractivity contribution in [3.63, 3.8) is 0 Å². The van der Waals surface area contributed by atoms with E-state index in [9.17, 15) is 8.42 Å². The molecule has 0 atom stereocenters. The number of hydrogen-bond acceptors (Lipinski definition) is 5. The Hall–Kier alpha value is -2.48. The smallest absolute Gasteiger partial charge is 0.262 e. The van der Waals surface area contributed by atoms with E-state index in [0.717, 1.165) is 5.69 Å². The zero-order chi connectivity index (χ0) is 17.4. The first-order valence-corrected chi connectivity index (χ1v) is 9.15. The van der Waals surface area contributed by atoms with Gasteiger partial charge in [-0.3, -0.25) is 5.10 Å². The second kappa shape index (κ2) is 5.86. The van der Waals surface area contributed by atoms with Crippen molar-refractivity contribution in [3.05, 3.63) is 54.1 Å². The van der Waals surface area contributed by atoms with Gasteiger partial charge >= 0.3 is 0 Å². The first-order valence-electron chi connectivity index (χ1n) is 7.50. The fourth-order valence-corrected chi connectivity index (χ4v) is 3.29. The molecule has 1 N–H and O–H groups in total. The molecule has 0 aliphatic rings. The van der Waals surface area contributed by atoms with E-state index in [4.69, 9.17) is 0 Å². The van der Waals surface area contributed by atoms with Crippen LogP contribution in [0.25, 0.3) is 5.69 Å². The highest BCUT2D eigenvalue weighted by Gasteiger charge is 2.25. The SMILES string of the molecule is CC(C)(C)c1nc(S(=O)(=O)Cc2cnn(-c3ccccc3)c2)n[nH]1. The number of sulfone groups is 1. The Morgan fingerprint density at radius 2 is 1.88 bits per heavy atom. The number of aromatic nitrogens is 5. The standard InChI is InChI=1S/C16H19N5O2S/c1-16(2,3)14-18-15(20-19-14)24(22,23)11-12-9-17-21(10-12)13-7-5-4-6-8-13/h4-10H,11H2,1-3H3,(H,18,19,20). The number of nitrogens with one attached hydrogen (secondary N) is 1. The molecule has 0 spiro atoms. The van der Waals surface area contributed by atoms with Crippen LogP contribution < -0.4 is 0 Å². The fraction of sp³-hybridized carbons (Fsp3) is 0.312. The van der Waals surface area contributed by atoms with Gasteiger partial charge in [0.15, 0.2) is 0 Å². The second-order valence-electron chi connectivity index (χ2n) is 6.60. The van der Waals surface area contributed by atoms with E-state index in [2.05, 4.69) is 20.3 Å². The average Bonchev–Trinajstić information content (AvgIpc) is 3.16. The maximum atomic E-state index is 12.5. The maximum Gasteiger partial charge on any atom is 0.267 e. The molecule has 126 valence electrons. The first kappa shape index (κ1) is 16.4. The predicted octanol–water partition coefficient (Wildman–Crippen LogP) is 2.26. The zero-order valence-corrected chi connectivity index (χ0v) is 14.6. The molecule has 8 heteroatoms. The van der Waals surface area contributed by atoms with Crippen LogP contribution in [0.1, 0.15) is 32.2 Å². The lowest BCUT2D eigenvalue weighted by atomic mass is 9.96. The lowest BCUT2D eigenvalue weighted by molar-refractivity contribution is 0.546. The van der Waals surface area contributed by atoms with E-state index in [1.807, 2.05) is 51.1 Å². The largest absolute Gasteiger partial charge is 0.267 e. The molecule has 3 aromatic rings. The molecule has 0 unspecified atom stereocenters. The molecule has 0 aliphatic carbocycles. The molecular weight excluding hydrogens is 326 g/mol. The summed E-state index contributed by atoms with van der Waals surface area (Å²) >= 11 is 0. The van der Waals surface area contributed by atoms with Crippen molar-refractivity contribution in [2.45, 2.75) is 37.1 Å². The van der Waals surface area contributed by atoms with E-state index in [1.165, 1.54) is 0 Å². The summed E-state index contributed by atoms with van der Waals surface area (Å²) in [6, 6.07) is 9.50. The van der Waals surface area contributed by atoms with Gasteiger partial charge in [0.2, 0.25) is 9.84 Å². The van der Waals surface area contributed by atoms with Crippen molar-refractivity contribution in [3.8, 4) is 5.69 Å². The average molecular weight is 345 g/mol. The van der Waals surface area contributed by atoms with Crippen molar-refractivity contribution < 1.29 is 8.42 Å². The Morgan fingerprint density at radius 1 is 1.17 bits per heavy atom. The minimum atomic E-state index is -3.63. The van der Waals surface area contributed by atoms with Gasteiger partial charge in [0.05, 0.1) is 17.6 Å². The number of rotatable bonds is 4. The summed E-state index contributed by atoms with van der Waals surface area (Å²) in [7, 11) is -3.63. The molecule has 0 saturated heterocycles. The van der Waals surface area contributed by atoms with Crippen LogP contribution in [0.4, 0.5) is 0 Å². The quantitative estimate of drug-likeness (QED) is 0.783. The summed E-state index contributed by atoms with van der Waals surface area (Å²) in [4.78, 5) is 4.13. The van der Waals surface area contributed by atoms with Gasteiger partial charge in [-0.15, -0.1) is 5.10 Å². The molecule has 2 aromatic heterocycles. The summed E-state index contributed by atoms with van der Waals surface area (Å²) < 4.78 is 26.7. The van der Waals surface area contributed by atoms with Gasteiger partial charge in [0, 0.05) is 17.2 Å². The van der Waals surface area contributed by atoms with Crippen LogP contribution in [-0.2, 0) is 21.0 Å². The number of benzene rings is 1. The normalized spacial score (nSPS) is 12.5. The third kappa shape index (κ3) is 3.38. The molecular formula is C16H19N5O2S. The van der Waals surface area contributed by atoms with E-state index < -0.39 is 9.84 Å². The summed E-state index contributed by atoms with van der Waals surface area (Å²) in [5.41, 5.74) is 1.16. The van der Waals surface area contributed by atoms with Crippen molar-refractivity contribution in [1.29, 1.82) is 0 Å². The van der Waals surface area contributed by atoms with Gasteiger partial charge in [-0.1, -0.05) is 39.0 Å². The van der Waals surface area contributed by atoms with Crippen LogP contribution in [0.2, 0.25) is 0 Å². The zero-order valence-electron chi connectivity index (χ0n) is 13.8. The second-order valence-corrected chi connectivity index (χ2v) is 8.49. The lowest BCUT2D eigenvalue weighted by Crippen LogP contribution is -2.14. The van der Waals surface area contributed by atoms with Crippen molar-refractivity contribution >= 4 is 9.84 Å². The molecule has 0 bridgehead atoms. The Balaban J connectivity index is 1.83. The summed E-state index contributed by atoms with van der Waals surface area (Å²) in [6.07, 6.45) is 3.24. The third-order valence-corrected chi connectivity index (χ3v) is 4.92. The molecule has 24 heavy (non-hydrogen) atoms. The van der Waals surface area contributed by atoms with E-state index >= 15 is 0 Å². The lowest BCUT2D eigenvalue weighted by Gasteiger charge is -2.12. The Labute approximate surface area is 140 Å². The van der Waals surface area contributed by atoms with Gasteiger partial charge in [-0.2, -0.15) is 5.10 Å². The van der Waals surface area contributed by atoms with E-state index in [-0.39, 0.29) is 16.3 Å². The van der Waals surface area contributed by atoms with Crippen molar-refractivity contribution in [2.75, 3.05) is 0 Å². The Kier molecular flexibility index (Phi) is 4.00. The van der Waals surface area contributed by atoms with Gasteiger partial charge in [0.1, 0.15) is 5.82 Å². The minimum Gasteiger partial charge on any atom is -0.262 e. The number of nitrogens with zero attached hydrogens (tertiary/aromatic N) is 4. The van der Waals surface area contributed by atoms with Gasteiger partial charge in [0.25, 0.3) is 5.16 Å². The van der Waals surface area contributed by atoms with Gasteiger partial charge < -0.3 is 0 Å². The highest BCUT2D eigenvalue weighted by Crippen LogP contribution is 2.20. The van der Waals surface area contributed by atoms with E-state index in [0.29, 0.717) is 11.4 Å². The predicted molar refractivity (Wildman–Crippen MR) is 89.5 cm³/mol. The molecule has 0 aliphatic heterocycles. The van der Waals surface area contributed by atoms with Crippen LogP contribution in [0.15, 0.2) is 47.9 Å². The van der Waals surface area contributed by atoms with Crippen LogP contribution >= 0.6 is 0 Å². The summed E-state index contributed by atoms with van der Waals surface area (Å²) in [5.74, 6) is 0.349. The number of hydrogen-bond donors (Lipinski definition) is 1. The fourth-order valence-electron chi connectivity index (χ4n) is 2.16. The van der Waals surface area contributed by atoms with Crippen molar-refractivity contribution in [2.24, 2.45) is 0 Å². The molecule has 0 amide bonds. The molecule has 1 aromatic carbocycles. The van der Waals surface area contributed by atoms with Crippen LogP contribution in [0.5, 0.6) is 0 Å². The van der Waals surface area contributed by atoms with Gasteiger partial charge in [-0.05, 0) is 12.1 Å². The summed E-state index contributed by atoms with van der Waals surface area (Å²) in [6.45, 7) is 5.81. The van der Waals surface area contributed by atoms with Crippen molar-refractivity contribution in [1.82, 2.24) is 25.0 Å². The molecule has 0 radical (unpaired) electrons. The minimum absolute atomic E-state index is 0.181. The number of para-hydroxylation sites is 1. The van der Waals surface area contributed by atoms with Gasteiger partial charge in [-0.25, -0.2) is 18.1 Å². The molecule has 7 nitrogen and oxygen atoms in total. The van der Waals surface area contributed by atoms with Crippen LogP contribution in [0, 0.1) is 0 Å².